The van der Waals surface area contributed by atoms with Crippen LogP contribution >= 0.6 is 23.2 Å². The monoisotopic (exact) mass is 448 g/mol. The van der Waals surface area contributed by atoms with E-state index >= 15 is 0 Å². The van der Waals surface area contributed by atoms with Gasteiger partial charge in [0.1, 0.15) is 5.54 Å². The summed E-state index contributed by atoms with van der Waals surface area (Å²) in [4.78, 5) is 40.3. The second-order valence-electron chi connectivity index (χ2n) is 7.49. The number of nitrogens with zero attached hydrogens (tertiary/aromatic N) is 2. The van der Waals surface area contributed by atoms with Crippen molar-refractivity contribution >= 4 is 46.8 Å². The minimum atomic E-state index is -1.11. The minimum Gasteiger partial charge on any atom is -0.481 e. The van der Waals surface area contributed by atoms with Crippen molar-refractivity contribution in [2.75, 3.05) is 11.4 Å². The smallest absolute Gasteiger partial charge is 0.332 e. The molecule has 0 aromatic heterocycles. The largest absolute Gasteiger partial charge is 0.481 e. The van der Waals surface area contributed by atoms with Crippen molar-refractivity contribution in [3.8, 4) is 0 Å². The predicted molar refractivity (Wildman–Crippen MR) is 116 cm³/mol. The summed E-state index contributed by atoms with van der Waals surface area (Å²) in [6.07, 6.45) is 1.23. The number of carboxylic acids is 1. The number of amides is 3. The van der Waals surface area contributed by atoms with Gasteiger partial charge in [0.2, 0.25) is 0 Å². The molecule has 1 saturated heterocycles. The molecular weight excluding hydrogens is 427 g/mol. The molecule has 1 atom stereocenters. The number of benzene rings is 2. The van der Waals surface area contributed by atoms with Crippen LogP contribution in [0.2, 0.25) is 10.0 Å². The molecule has 1 fully saturated rings. The molecule has 0 bridgehead atoms. The molecule has 158 valence electrons. The molecule has 1 unspecified atom stereocenters. The summed E-state index contributed by atoms with van der Waals surface area (Å²) in [5.41, 5.74) is 0.119. The molecule has 0 spiro atoms. The first-order valence-corrected chi connectivity index (χ1v) is 10.4. The Bertz CT molecular complexity index is 947. The Morgan fingerprint density at radius 1 is 1.03 bits per heavy atom. The van der Waals surface area contributed by atoms with Crippen molar-refractivity contribution < 1.29 is 19.5 Å². The number of rotatable bonds is 8. The maximum Gasteiger partial charge on any atom is 0.332 e. The Morgan fingerprint density at radius 3 is 2.27 bits per heavy atom. The molecule has 30 heavy (non-hydrogen) atoms. The lowest BCUT2D eigenvalue weighted by Gasteiger charge is -2.32. The summed E-state index contributed by atoms with van der Waals surface area (Å²) in [6, 6.07) is 13.6. The Balaban J connectivity index is 1.94. The fraction of sp³-hybridized carbons (Fsp3) is 0.318. The van der Waals surface area contributed by atoms with Crippen LogP contribution in [-0.4, -0.2) is 40.0 Å². The van der Waals surface area contributed by atoms with Gasteiger partial charge in [-0.1, -0.05) is 53.5 Å². The fourth-order valence-electron chi connectivity index (χ4n) is 3.72. The van der Waals surface area contributed by atoms with Crippen molar-refractivity contribution in [1.29, 1.82) is 0 Å². The first-order chi connectivity index (χ1) is 14.2. The number of anilines is 1. The van der Waals surface area contributed by atoms with Gasteiger partial charge in [-0.05, 0) is 43.5 Å². The summed E-state index contributed by atoms with van der Waals surface area (Å²) in [5.74, 6) is -1.26. The maximum absolute atomic E-state index is 13.5. The third kappa shape index (κ3) is 4.60. The molecule has 1 aliphatic heterocycles. The standard InChI is InChI=1S/C22H22Cl2N2O4/c1-22(14-15-7-3-2-4-8-15)20(29)26(18-12-16(23)11-17(24)13-18)21(30)25(22)10-6-5-9-19(27)28/h2-4,7-8,11-13H,5-6,9-10,14H2,1H3,(H,27,28). The van der Waals surface area contributed by atoms with Crippen LogP contribution in [0.15, 0.2) is 48.5 Å². The molecule has 0 aliphatic carbocycles. The summed E-state index contributed by atoms with van der Waals surface area (Å²) in [6.45, 7) is 2.01. The molecule has 3 amide bonds. The average molecular weight is 449 g/mol. The van der Waals surface area contributed by atoms with Crippen molar-refractivity contribution in [1.82, 2.24) is 4.90 Å². The molecule has 2 aromatic rings. The van der Waals surface area contributed by atoms with E-state index < -0.39 is 17.5 Å². The van der Waals surface area contributed by atoms with Crippen LogP contribution < -0.4 is 4.90 Å². The van der Waals surface area contributed by atoms with Crippen LogP contribution in [0.1, 0.15) is 31.7 Å². The maximum atomic E-state index is 13.5. The zero-order valence-electron chi connectivity index (χ0n) is 16.5. The Hall–Kier alpha value is -2.57. The van der Waals surface area contributed by atoms with Crippen molar-refractivity contribution in [3.63, 3.8) is 0 Å². The molecule has 1 N–H and O–H groups in total. The average Bonchev–Trinajstić information content (AvgIpc) is 2.85. The Kier molecular flexibility index (Phi) is 6.68. The Morgan fingerprint density at radius 2 is 1.67 bits per heavy atom. The lowest BCUT2D eigenvalue weighted by atomic mass is 9.91. The zero-order valence-corrected chi connectivity index (χ0v) is 18.0. The van der Waals surface area contributed by atoms with E-state index in [1.807, 2.05) is 30.3 Å². The quantitative estimate of drug-likeness (QED) is 0.454. The van der Waals surface area contributed by atoms with Gasteiger partial charge in [0.25, 0.3) is 5.91 Å². The highest BCUT2D eigenvalue weighted by atomic mass is 35.5. The molecule has 1 heterocycles. The molecule has 0 saturated carbocycles. The van der Waals surface area contributed by atoms with Crippen LogP contribution in [-0.2, 0) is 16.0 Å². The van der Waals surface area contributed by atoms with Crippen LogP contribution in [0, 0.1) is 0 Å². The van der Waals surface area contributed by atoms with Crippen LogP contribution in [0.5, 0.6) is 0 Å². The molecule has 0 radical (unpaired) electrons. The lowest BCUT2D eigenvalue weighted by molar-refractivity contribution is -0.137. The molecule has 3 rings (SSSR count). The summed E-state index contributed by atoms with van der Waals surface area (Å²) >= 11 is 12.2. The van der Waals surface area contributed by atoms with Crippen LogP contribution in [0.25, 0.3) is 0 Å². The summed E-state index contributed by atoms with van der Waals surface area (Å²) in [7, 11) is 0. The molecule has 2 aromatic carbocycles. The van der Waals surface area contributed by atoms with Gasteiger partial charge < -0.3 is 10.0 Å². The topological polar surface area (TPSA) is 77.9 Å². The minimum absolute atomic E-state index is 0.0129. The third-order valence-electron chi connectivity index (χ3n) is 5.20. The molecule has 1 aliphatic rings. The number of urea groups is 1. The van der Waals surface area contributed by atoms with Gasteiger partial charge >= 0.3 is 12.0 Å². The summed E-state index contributed by atoms with van der Waals surface area (Å²) < 4.78 is 0. The van der Waals surface area contributed by atoms with E-state index in [1.165, 1.54) is 23.1 Å². The number of aliphatic carboxylic acids is 1. The van der Waals surface area contributed by atoms with E-state index in [0.29, 0.717) is 35.0 Å². The SMILES string of the molecule is CC1(Cc2ccccc2)C(=O)N(c2cc(Cl)cc(Cl)c2)C(=O)N1CCCCC(=O)O. The molecule has 8 heteroatoms. The van der Waals surface area contributed by atoms with Gasteiger partial charge in [0, 0.05) is 29.4 Å². The van der Waals surface area contributed by atoms with E-state index in [-0.39, 0.29) is 18.9 Å². The number of hydrogen-bond donors (Lipinski definition) is 1. The van der Waals surface area contributed by atoms with Gasteiger partial charge in [0.15, 0.2) is 0 Å². The summed E-state index contributed by atoms with van der Waals surface area (Å²) in [5, 5.41) is 9.52. The van der Waals surface area contributed by atoms with E-state index in [4.69, 9.17) is 28.3 Å². The number of hydrogen-bond acceptors (Lipinski definition) is 3. The van der Waals surface area contributed by atoms with Crippen molar-refractivity contribution in [2.45, 2.75) is 38.1 Å². The van der Waals surface area contributed by atoms with Gasteiger partial charge in [-0.3, -0.25) is 9.59 Å². The number of unbranched alkanes of at least 4 members (excludes halogenated alkanes) is 1. The second-order valence-corrected chi connectivity index (χ2v) is 8.36. The number of carbonyl (C=O) groups is 3. The number of carbonyl (C=O) groups excluding carboxylic acids is 2. The Labute approximate surface area is 185 Å². The zero-order chi connectivity index (χ0) is 21.9. The predicted octanol–water partition coefficient (Wildman–Crippen LogP) is 5.02. The normalized spacial score (nSPS) is 18.9. The van der Waals surface area contributed by atoms with E-state index in [9.17, 15) is 14.4 Å². The highest BCUT2D eigenvalue weighted by molar-refractivity contribution is 6.35. The van der Waals surface area contributed by atoms with E-state index in [2.05, 4.69) is 0 Å². The van der Waals surface area contributed by atoms with Gasteiger partial charge in [-0.25, -0.2) is 9.69 Å². The van der Waals surface area contributed by atoms with Crippen molar-refractivity contribution in [3.05, 3.63) is 64.1 Å². The second kappa shape index (κ2) is 9.06. The van der Waals surface area contributed by atoms with Crippen molar-refractivity contribution in [2.24, 2.45) is 0 Å². The van der Waals surface area contributed by atoms with E-state index in [0.717, 1.165) is 10.5 Å². The van der Waals surface area contributed by atoms with Gasteiger partial charge in [0.05, 0.1) is 5.69 Å². The van der Waals surface area contributed by atoms with Gasteiger partial charge in [-0.15, -0.1) is 0 Å². The van der Waals surface area contributed by atoms with Crippen LogP contribution in [0.3, 0.4) is 0 Å². The molecular formula is C22H22Cl2N2O4. The van der Waals surface area contributed by atoms with Gasteiger partial charge in [-0.2, -0.15) is 0 Å². The number of carboxylic acid groups (broad SMARTS) is 1. The number of imide groups is 1. The molecule has 6 nitrogen and oxygen atoms in total. The highest BCUT2D eigenvalue weighted by Crippen LogP contribution is 2.37. The lowest BCUT2D eigenvalue weighted by Crippen LogP contribution is -2.49. The van der Waals surface area contributed by atoms with E-state index in [1.54, 1.807) is 6.92 Å². The fourth-order valence-corrected chi connectivity index (χ4v) is 4.24. The number of halogens is 2. The first kappa shape index (κ1) is 22.1. The van der Waals surface area contributed by atoms with Crippen LogP contribution in [0.4, 0.5) is 10.5 Å². The first-order valence-electron chi connectivity index (χ1n) is 9.60. The third-order valence-corrected chi connectivity index (χ3v) is 5.64. The highest BCUT2D eigenvalue weighted by Gasteiger charge is 2.54.